The van der Waals surface area contributed by atoms with Crippen LogP contribution in [0.5, 0.6) is 5.75 Å². The highest BCUT2D eigenvalue weighted by Gasteiger charge is 2.07. The van der Waals surface area contributed by atoms with E-state index in [0.29, 0.717) is 5.75 Å². The van der Waals surface area contributed by atoms with Crippen molar-refractivity contribution >= 4 is 11.8 Å². The first-order valence-corrected chi connectivity index (χ1v) is 8.26. The van der Waals surface area contributed by atoms with Gasteiger partial charge in [0, 0.05) is 0 Å². The molecular formula is C19H28O3. The average molecular weight is 304 g/mol. The fourth-order valence-corrected chi connectivity index (χ4v) is 2.33. The predicted octanol–water partition coefficient (Wildman–Crippen LogP) is 4.72. The summed E-state index contributed by atoms with van der Waals surface area (Å²) in [6.45, 7) is 5.92. The molecule has 1 aromatic rings. The van der Waals surface area contributed by atoms with E-state index >= 15 is 0 Å². The highest BCUT2D eigenvalue weighted by molar-refractivity contribution is 5.94. The molecule has 0 aliphatic rings. The zero-order valence-electron chi connectivity index (χ0n) is 14.1. The maximum Gasteiger partial charge on any atom is 0.318 e. The van der Waals surface area contributed by atoms with Crippen molar-refractivity contribution in [2.24, 2.45) is 5.92 Å². The van der Waals surface area contributed by atoms with Gasteiger partial charge < -0.3 is 4.74 Å². The van der Waals surface area contributed by atoms with Crippen LogP contribution in [0.4, 0.5) is 0 Å². The molecule has 0 bridgehead atoms. The standard InChI is InChI=1S/C19H28O3/c1-15(2)8-6-4-5-7-9-17-10-12-18(13-11-17)22-19(21)14-16(3)20/h10-13,15H,4-9,14H2,1-3H3. The Bertz CT molecular complexity index is 460. The second-order valence-corrected chi connectivity index (χ2v) is 6.34. The lowest BCUT2D eigenvalue weighted by atomic mass is 10.0. The minimum Gasteiger partial charge on any atom is -0.426 e. The van der Waals surface area contributed by atoms with Crippen molar-refractivity contribution in [1.82, 2.24) is 0 Å². The fourth-order valence-electron chi connectivity index (χ4n) is 2.33. The number of rotatable bonds is 10. The Labute approximate surface area is 134 Å². The third-order valence-electron chi connectivity index (χ3n) is 3.55. The molecule has 0 saturated carbocycles. The van der Waals surface area contributed by atoms with Gasteiger partial charge in [0.25, 0.3) is 0 Å². The number of benzene rings is 1. The number of hydrogen-bond acceptors (Lipinski definition) is 3. The molecule has 0 fully saturated rings. The van der Waals surface area contributed by atoms with Crippen LogP contribution >= 0.6 is 0 Å². The van der Waals surface area contributed by atoms with E-state index in [1.54, 1.807) is 12.1 Å². The van der Waals surface area contributed by atoms with Gasteiger partial charge in [-0.15, -0.1) is 0 Å². The smallest absolute Gasteiger partial charge is 0.318 e. The Balaban J connectivity index is 2.24. The molecule has 0 aliphatic heterocycles. The Morgan fingerprint density at radius 2 is 1.64 bits per heavy atom. The number of ether oxygens (including phenoxy) is 1. The molecule has 0 heterocycles. The van der Waals surface area contributed by atoms with Crippen molar-refractivity contribution in [3.05, 3.63) is 29.8 Å². The lowest BCUT2D eigenvalue weighted by molar-refractivity contribution is -0.137. The van der Waals surface area contributed by atoms with Gasteiger partial charge in [-0.2, -0.15) is 0 Å². The summed E-state index contributed by atoms with van der Waals surface area (Å²) >= 11 is 0. The van der Waals surface area contributed by atoms with Crippen molar-refractivity contribution < 1.29 is 14.3 Å². The molecule has 0 N–H and O–H groups in total. The van der Waals surface area contributed by atoms with E-state index in [4.69, 9.17) is 4.74 Å². The summed E-state index contributed by atoms with van der Waals surface area (Å²) in [6.07, 6.45) is 7.30. The molecule has 0 aromatic heterocycles. The Morgan fingerprint density at radius 1 is 1.00 bits per heavy atom. The number of carbonyl (C=O) groups is 2. The quantitative estimate of drug-likeness (QED) is 0.272. The molecule has 0 spiro atoms. The first-order chi connectivity index (χ1) is 10.5. The molecule has 0 aliphatic carbocycles. The first-order valence-electron chi connectivity index (χ1n) is 8.26. The topological polar surface area (TPSA) is 43.4 Å². The largest absolute Gasteiger partial charge is 0.426 e. The molecule has 1 aromatic carbocycles. The normalized spacial score (nSPS) is 10.7. The van der Waals surface area contributed by atoms with Crippen LogP contribution < -0.4 is 4.74 Å². The third kappa shape index (κ3) is 8.60. The summed E-state index contributed by atoms with van der Waals surface area (Å²) in [5.41, 5.74) is 1.26. The fraction of sp³-hybridized carbons (Fsp3) is 0.579. The molecule has 3 nitrogen and oxygen atoms in total. The molecule has 22 heavy (non-hydrogen) atoms. The van der Waals surface area contributed by atoms with Gasteiger partial charge in [-0.05, 0) is 43.4 Å². The molecular weight excluding hydrogens is 276 g/mol. The highest BCUT2D eigenvalue weighted by atomic mass is 16.5. The van der Waals surface area contributed by atoms with Gasteiger partial charge in [0.1, 0.15) is 18.0 Å². The van der Waals surface area contributed by atoms with Gasteiger partial charge >= 0.3 is 5.97 Å². The van der Waals surface area contributed by atoms with Crippen molar-refractivity contribution in [3.8, 4) is 5.75 Å². The number of Topliss-reactive ketones (excluding diaryl/α,β-unsaturated/α-hetero) is 1. The van der Waals surface area contributed by atoms with Crippen LogP contribution in [-0.2, 0) is 16.0 Å². The summed E-state index contributed by atoms with van der Waals surface area (Å²) in [7, 11) is 0. The Hall–Kier alpha value is -1.64. The minimum absolute atomic E-state index is 0.169. The van der Waals surface area contributed by atoms with E-state index < -0.39 is 5.97 Å². The maximum atomic E-state index is 11.4. The number of unbranched alkanes of at least 4 members (excludes halogenated alkanes) is 3. The zero-order chi connectivity index (χ0) is 16.4. The van der Waals surface area contributed by atoms with Crippen LogP contribution in [-0.4, -0.2) is 11.8 Å². The maximum absolute atomic E-state index is 11.4. The second-order valence-electron chi connectivity index (χ2n) is 6.34. The number of aryl methyl sites for hydroxylation is 1. The van der Waals surface area contributed by atoms with E-state index in [2.05, 4.69) is 13.8 Å². The molecule has 0 saturated heterocycles. The van der Waals surface area contributed by atoms with Crippen LogP contribution in [0, 0.1) is 5.92 Å². The SMILES string of the molecule is CC(=O)CC(=O)Oc1ccc(CCCCCCC(C)C)cc1. The number of hydrogen-bond donors (Lipinski definition) is 0. The first kappa shape index (κ1) is 18.4. The number of ketones is 1. The molecule has 0 atom stereocenters. The molecule has 3 heteroatoms. The second kappa shape index (κ2) is 10.1. The molecule has 1 rings (SSSR count). The van der Waals surface area contributed by atoms with Crippen LogP contribution in [0.2, 0.25) is 0 Å². The molecule has 0 radical (unpaired) electrons. The zero-order valence-corrected chi connectivity index (χ0v) is 14.1. The van der Waals surface area contributed by atoms with Gasteiger partial charge in [-0.1, -0.05) is 51.7 Å². The highest BCUT2D eigenvalue weighted by Crippen LogP contribution is 2.16. The van der Waals surface area contributed by atoms with Gasteiger partial charge in [-0.3, -0.25) is 9.59 Å². The monoisotopic (exact) mass is 304 g/mol. The summed E-state index contributed by atoms with van der Waals surface area (Å²) in [5.74, 6) is 0.634. The van der Waals surface area contributed by atoms with Gasteiger partial charge in [0.2, 0.25) is 0 Å². The third-order valence-corrected chi connectivity index (χ3v) is 3.55. The van der Waals surface area contributed by atoms with Crippen LogP contribution in [0.1, 0.15) is 64.9 Å². The summed E-state index contributed by atoms with van der Waals surface area (Å²) in [5, 5.41) is 0. The number of esters is 1. The van der Waals surface area contributed by atoms with E-state index in [9.17, 15) is 9.59 Å². The van der Waals surface area contributed by atoms with Gasteiger partial charge in [0.05, 0.1) is 0 Å². The average Bonchev–Trinajstić information content (AvgIpc) is 2.43. The summed E-state index contributed by atoms with van der Waals surface area (Å²) in [6, 6.07) is 7.58. The van der Waals surface area contributed by atoms with E-state index in [1.807, 2.05) is 12.1 Å². The van der Waals surface area contributed by atoms with Crippen molar-refractivity contribution in [2.45, 2.75) is 65.7 Å². The summed E-state index contributed by atoms with van der Waals surface area (Å²) in [4.78, 5) is 22.2. The van der Waals surface area contributed by atoms with Gasteiger partial charge in [-0.25, -0.2) is 0 Å². The van der Waals surface area contributed by atoms with E-state index in [0.717, 1.165) is 12.3 Å². The molecule has 122 valence electrons. The van der Waals surface area contributed by atoms with E-state index in [1.165, 1.54) is 44.6 Å². The lowest BCUT2D eigenvalue weighted by Gasteiger charge is -2.06. The molecule has 0 unspecified atom stereocenters. The van der Waals surface area contributed by atoms with Crippen LogP contribution in [0.15, 0.2) is 24.3 Å². The van der Waals surface area contributed by atoms with Crippen molar-refractivity contribution in [3.63, 3.8) is 0 Å². The Kier molecular flexibility index (Phi) is 8.49. The van der Waals surface area contributed by atoms with Crippen molar-refractivity contribution in [1.29, 1.82) is 0 Å². The summed E-state index contributed by atoms with van der Waals surface area (Å²) < 4.78 is 5.10. The lowest BCUT2D eigenvalue weighted by Crippen LogP contribution is -2.11. The predicted molar refractivity (Wildman–Crippen MR) is 89.0 cm³/mol. The Morgan fingerprint density at radius 3 is 2.23 bits per heavy atom. The van der Waals surface area contributed by atoms with Crippen LogP contribution in [0.25, 0.3) is 0 Å². The van der Waals surface area contributed by atoms with Crippen molar-refractivity contribution in [2.75, 3.05) is 0 Å². The van der Waals surface area contributed by atoms with Crippen LogP contribution in [0.3, 0.4) is 0 Å². The van der Waals surface area contributed by atoms with Gasteiger partial charge in [0.15, 0.2) is 0 Å². The number of carbonyl (C=O) groups excluding carboxylic acids is 2. The molecule has 0 amide bonds. The van der Waals surface area contributed by atoms with E-state index in [-0.39, 0.29) is 12.2 Å². The minimum atomic E-state index is -0.495.